The van der Waals surface area contributed by atoms with Crippen molar-refractivity contribution in [1.82, 2.24) is 0 Å². The van der Waals surface area contributed by atoms with Crippen molar-refractivity contribution in [3.63, 3.8) is 0 Å². The first-order valence-corrected chi connectivity index (χ1v) is 10.5. The fraction of sp³-hybridized carbons (Fsp3) is 0. The first-order chi connectivity index (χ1) is 13.7. The Hall–Kier alpha value is -2.48. The maximum absolute atomic E-state index is 4.56. The molecule has 0 atom stereocenters. The summed E-state index contributed by atoms with van der Waals surface area (Å²) < 4.78 is 2.09. The van der Waals surface area contributed by atoms with E-state index in [4.69, 9.17) is 0 Å². The molecule has 3 aromatic carbocycles. The Morgan fingerprint density at radius 1 is 0.536 bits per heavy atom. The van der Waals surface area contributed by atoms with Crippen LogP contribution in [-0.4, -0.2) is 44.5 Å². The van der Waals surface area contributed by atoms with E-state index >= 15 is 0 Å². The molecular formula is C24H18N2Se2. The van der Waals surface area contributed by atoms with E-state index in [1.165, 1.54) is 0 Å². The molecule has 0 saturated heterocycles. The molecule has 0 aliphatic heterocycles. The second-order valence-corrected chi connectivity index (χ2v) is 7.68. The quantitative estimate of drug-likeness (QED) is 0.320. The van der Waals surface area contributed by atoms with E-state index < -0.39 is 0 Å². The third kappa shape index (κ3) is 6.02. The van der Waals surface area contributed by atoms with Crippen LogP contribution in [0, 0.1) is 0 Å². The van der Waals surface area contributed by atoms with Crippen LogP contribution in [0.1, 0.15) is 11.1 Å². The molecule has 0 aliphatic carbocycles. The normalized spacial score (nSPS) is 12.7. The second-order valence-electron chi connectivity index (χ2n) is 5.84. The van der Waals surface area contributed by atoms with E-state index in [-0.39, 0.29) is 0 Å². The van der Waals surface area contributed by atoms with Gasteiger partial charge in [-0.15, -0.1) is 0 Å². The van der Waals surface area contributed by atoms with Crippen molar-refractivity contribution in [3.8, 4) is 0 Å². The zero-order valence-electron chi connectivity index (χ0n) is 15.1. The summed E-state index contributed by atoms with van der Waals surface area (Å²) in [4.78, 5) is 9.13. The maximum atomic E-state index is 4.56. The van der Waals surface area contributed by atoms with Gasteiger partial charge in [-0.1, -0.05) is 0 Å². The van der Waals surface area contributed by atoms with Crippen molar-refractivity contribution in [2.24, 2.45) is 9.98 Å². The van der Waals surface area contributed by atoms with Gasteiger partial charge in [0.05, 0.1) is 0 Å². The summed E-state index contributed by atoms with van der Waals surface area (Å²) in [7, 11) is 0. The zero-order valence-corrected chi connectivity index (χ0v) is 18.5. The summed E-state index contributed by atoms with van der Waals surface area (Å²) in [5.41, 5.74) is 3.92. The Morgan fingerprint density at radius 3 is 1.29 bits per heavy atom. The number of hydrogen-bond donors (Lipinski definition) is 0. The van der Waals surface area contributed by atoms with Crippen molar-refractivity contribution in [2.45, 2.75) is 0 Å². The molecular weight excluding hydrogens is 474 g/mol. The summed E-state index contributed by atoms with van der Waals surface area (Å²) in [6.07, 6.45) is 7.52. The van der Waals surface area contributed by atoms with Crippen molar-refractivity contribution < 1.29 is 0 Å². The van der Waals surface area contributed by atoms with Crippen LogP contribution >= 0.6 is 0 Å². The standard InChI is InChI=1S/C24H18N2Se2/c27-23(19-9-3-1-4-10-19)15-17-25-21-13-7-8-14-22(21)26-18-16-24(28)20-11-5-2-6-12-20/h1-18H/b23-15-,24-16-,25-17?,26-18?. The summed E-state index contributed by atoms with van der Waals surface area (Å²) in [6, 6.07) is 28.2. The molecule has 0 heterocycles. The van der Waals surface area contributed by atoms with Crippen molar-refractivity contribution in [3.05, 3.63) is 108 Å². The summed E-state index contributed by atoms with van der Waals surface area (Å²) in [5, 5.41) is 0. The third-order valence-corrected chi connectivity index (χ3v) is 5.44. The molecule has 3 aromatic rings. The summed E-state index contributed by atoms with van der Waals surface area (Å²) >= 11 is 6.17. The molecule has 2 nitrogen and oxygen atoms in total. The van der Waals surface area contributed by atoms with Gasteiger partial charge in [0.1, 0.15) is 0 Å². The van der Waals surface area contributed by atoms with Crippen LogP contribution in [0.3, 0.4) is 0 Å². The number of hydrogen-bond acceptors (Lipinski definition) is 2. The number of para-hydroxylation sites is 2. The zero-order chi connectivity index (χ0) is 19.6. The molecule has 28 heavy (non-hydrogen) atoms. The average Bonchev–Trinajstić information content (AvgIpc) is 2.76. The van der Waals surface area contributed by atoms with E-state index in [0.29, 0.717) is 0 Å². The molecule has 0 amide bonds. The van der Waals surface area contributed by atoms with Gasteiger partial charge >= 0.3 is 183 Å². The van der Waals surface area contributed by atoms with E-state index in [0.717, 1.165) is 31.4 Å². The van der Waals surface area contributed by atoms with E-state index in [9.17, 15) is 0 Å². The van der Waals surface area contributed by atoms with Crippen LogP contribution in [0.25, 0.3) is 8.94 Å². The summed E-state index contributed by atoms with van der Waals surface area (Å²) in [5.74, 6) is 0. The van der Waals surface area contributed by atoms with Gasteiger partial charge in [-0.25, -0.2) is 0 Å². The fourth-order valence-corrected chi connectivity index (χ4v) is 3.28. The van der Waals surface area contributed by atoms with E-state index in [1.807, 2.05) is 72.8 Å². The molecule has 0 saturated carbocycles. The molecule has 0 aliphatic rings. The minimum atomic E-state index is 0.825. The SMILES string of the molecule is [Se]/C(=C\C=Nc1ccccc1N=C/C=C(\[Se])c1ccccc1)c1ccccc1. The predicted molar refractivity (Wildman–Crippen MR) is 123 cm³/mol. The molecule has 136 valence electrons. The van der Waals surface area contributed by atoms with Gasteiger partial charge in [-0.05, 0) is 0 Å². The van der Waals surface area contributed by atoms with Gasteiger partial charge in [-0.3, -0.25) is 0 Å². The van der Waals surface area contributed by atoms with Crippen LogP contribution in [-0.2, 0) is 0 Å². The molecule has 0 bridgehead atoms. The minimum absolute atomic E-state index is 0.825. The molecule has 2 radical (unpaired) electrons. The van der Waals surface area contributed by atoms with Crippen molar-refractivity contribution in [1.29, 1.82) is 0 Å². The average molecular weight is 492 g/mol. The Kier molecular flexibility index (Phi) is 7.78. The van der Waals surface area contributed by atoms with Crippen molar-refractivity contribution >= 4 is 64.8 Å². The van der Waals surface area contributed by atoms with Crippen LogP contribution in [0.2, 0.25) is 0 Å². The van der Waals surface area contributed by atoms with Gasteiger partial charge in [0, 0.05) is 0 Å². The van der Waals surface area contributed by atoms with Crippen LogP contribution in [0.15, 0.2) is 107 Å². The predicted octanol–water partition coefficient (Wildman–Crippen LogP) is 5.51. The van der Waals surface area contributed by atoms with Crippen LogP contribution in [0.4, 0.5) is 11.4 Å². The molecule has 0 unspecified atom stereocenters. The van der Waals surface area contributed by atoms with Gasteiger partial charge < -0.3 is 0 Å². The first-order valence-electron chi connectivity index (χ1n) is 8.76. The molecule has 3 rings (SSSR count). The third-order valence-electron chi connectivity index (χ3n) is 3.88. The molecule has 4 heteroatoms. The monoisotopic (exact) mass is 494 g/mol. The van der Waals surface area contributed by atoms with Gasteiger partial charge in [0.25, 0.3) is 0 Å². The van der Waals surface area contributed by atoms with Gasteiger partial charge in [0.2, 0.25) is 0 Å². The van der Waals surface area contributed by atoms with Crippen LogP contribution < -0.4 is 0 Å². The number of allylic oxidation sites excluding steroid dienone is 2. The fourth-order valence-electron chi connectivity index (χ4n) is 2.45. The number of rotatable bonds is 6. The van der Waals surface area contributed by atoms with E-state index in [1.54, 1.807) is 12.4 Å². The Bertz CT molecular complexity index is 936. The van der Waals surface area contributed by atoms with E-state index in [2.05, 4.69) is 66.3 Å². The number of nitrogens with zero attached hydrogens (tertiary/aromatic N) is 2. The topological polar surface area (TPSA) is 24.7 Å². The Labute approximate surface area is 182 Å². The number of aliphatic imine (C=N–C) groups is 2. The van der Waals surface area contributed by atoms with Crippen molar-refractivity contribution in [2.75, 3.05) is 0 Å². The van der Waals surface area contributed by atoms with Gasteiger partial charge in [-0.2, -0.15) is 0 Å². The molecule has 0 fully saturated rings. The first kappa shape index (κ1) is 20.3. The second kappa shape index (κ2) is 10.8. The van der Waals surface area contributed by atoms with Gasteiger partial charge in [0.15, 0.2) is 0 Å². The molecule has 0 N–H and O–H groups in total. The number of benzene rings is 3. The van der Waals surface area contributed by atoms with Crippen LogP contribution in [0.5, 0.6) is 0 Å². The Balaban J connectivity index is 1.74. The molecule has 0 spiro atoms. The molecule has 0 aromatic heterocycles. The Morgan fingerprint density at radius 2 is 0.893 bits per heavy atom. The summed E-state index contributed by atoms with van der Waals surface area (Å²) in [6.45, 7) is 0.